The van der Waals surface area contributed by atoms with Crippen molar-refractivity contribution in [1.82, 2.24) is 10.2 Å². The Labute approximate surface area is 273 Å². The Bertz CT molecular complexity index is 1670. The average molecular weight is 697 g/mol. The molecule has 4 aromatic rings. The predicted molar refractivity (Wildman–Crippen MR) is 179 cm³/mol. The van der Waals surface area contributed by atoms with Crippen LogP contribution in [0.3, 0.4) is 0 Å². The van der Waals surface area contributed by atoms with Gasteiger partial charge in [-0.1, -0.05) is 94.6 Å². The van der Waals surface area contributed by atoms with E-state index < -0.39 is 28.5 Å². The van der Waals surface area contributed by atoms with Crippen molar-refractivity contribution in [3.63, 3.8) is 0 Å². The van der Waals surface area contributed by atoms with Crippen LogP contribution in [0.4, 0.5) is 5.69 Å². The third-order valence-electron chi connectivity index (χ3n) is 7.06. The van der Waals surface area contributed by atoms with Gasteiger partial charge in [0.2, 0.25) is 11.8 Å². The number of sulfonamides is 1. The van der Waals surface area contributed by atoms with E-state index in [0.717, 1.165) is 31.9 Å². The Morgan fingerprint density at radius 2 is 1.55 bits per heavy atom. The normalized spacial score (nSPS) is 11.9. The van der Waals surface area contributed by atoms with E-state index in [2.05, 4.69) is 21.2 Å². The number of hydrogen-bond donors (Lipinski definition) is 1. The van der Waals surface area contributed by atoms with Crippen molar-refractivity contribution in [3.8, 4) is 0 Å². The standard InChI is InChI=1S/C34H35BrClN3O4S/c1-3-20-37-34(41)32(22-26-8-5-4-6-9-26)38(23-27-10-7-11-28(35)21-27)33(40)24-39(30-16-14-29(36)15-17-30)44(42,43)31-18-12-25(2)13-19-31/h4-19,21,32H,3,20,22-24H2,1-2H3,(H,37,41). The summed E-state index contributed by atoms with van der Waals surface area (Å²) in [6.07, 6.45) is 0.976. The minimum atomic E-state index is -4.18. The number of nitrogens with zero attached hydrogens (tertiary/aromatic N) is 2. The lowest BCUT2D eigenvalue weighted by molar-refractivity contribution is -0.140. The van der Waals surface area contributed by atoms with Gasteiger partial charge in [-0.3, -0.25) is 13.9 Å². The van der Waals surface area contributed by atoms with Crippen LogP contribution in [0.2, 0.25) is 5.02 Å². The van der Waals surface area contributed by atoms with Gasteiger partial charge in [-0.25, -0.2) is 8.42 Å². The molecule has 4 rings (SSSR count). The van der Waals surface area contributed by atoms with Crippen LogP contribution < -0.4 is 9.62 Å². The number of nitrogens with one attached hydrogen (secondary N) is 1. The molecule has 230 valence electrons. The van der Waals surface area contributed by atoms with Gasteiger partial charge < -0.3 is 10.2 Å². The quantitative estimate of drug-likeness (QED) is 0.167. The number of anilines is 1. The fourth-order valence-electron chi connectivity index (χ4n) is 4.73. The number of carbonyl (C=O) groups is 2. The molecule has 0 spiro atoms. The van der Waals surface area contributed by atoms with Gasteiger partial charge in [-0.15, -0.1) is 0 Å². The zero-order valence-electron chi connectivity index (χ0n) is 24.6. The molecule has 0 aliphatic rings. The first-order valence-corrected chi connectivity index (χ1v) is 16.9. The maximum Gasteiger partial charge on any atom is 0.264 e. The largest absolute Gasteiger partial charge is 0.354 e. The summed E-state index contributed by atoms with van der Waals surface area (Å²) in [6.45, 7) is 3.83. The Morgan fingerprint density at radius 1 is 0.886 bits per heavy atom. The topological polar surface area (TPSA) is 86.8 Å². The van der Waals surface area contributed by atoms with E-state index in [9.17, 15) is 18.0 Å². The maximum absolute atomic E-state index is 14.4. The van der Waals surface area contributed by atoms with E-state index in [0.29, 0.717) is 11.6 Å². The van der Waals surface area contributed by atoms with E-state index in [1.54, 1.807) is 36.4 Å². The molecule has 1 unspecified atom stereocenters. The highest BCUT2D eigenvalue weighted by Crippen LogP contribution is 2.27. The van der Waals surface area contributed by atoms with Crippen LogP contribution in [0.25, 0.3) is 0 Å². The Morgan fingerprint density at radius 3 is 2.18 bits per heavy atom. The van der Waals surface area contributed by atoms with E-state index in [4.69, 9.17) is 11.6 Å². The summed E-state index contributed by atoms with van der Waals surface area (Å²) in [6, 6.07) is 28.8. The Hall–Kier alpha value is -3.66. The molecule has 2 amide bonds. The number of aryl methyl sites for hydroxylation is 1. The summed E-state index contributed by atoms with van der Waals surface area (Å²) < 4.78 is 30.0. The lowest BCUT2D eigenvalue weighted by Gasteiger charge is -2.34. The Kier molecular flexibility index (Phi) is 11.6. The van der Waals surface area contributed by atoms with Crippen LogP contribution >= 0.6 is 27.5 Å². The summed E-state index contributed by atoms with van der Waals surface area (Å²) >= 11 is 9.62. The number of carbonyl (C=O) groups excluding carboxylic acids is 2. The summed E-state index contributed by atoms with van der Waals surface area (Å²) in [5.41, 5.74) is 2.84. The van der Waals surface area contributed by atoms with Gasteiger partial charge in [-0.2, -0.15) is 0 Å². The number of rotatable bonds is 13. The van der Waals surface area contributed by atoms with Gasteiger partial charge in [-0.05, 0) is 73.0 Å². The van der Waals surface area contributed by atoms with Gasteiger partial charge in [0, 0.05) is 29.0 Å². The van der Waals surface area contributed by atoms with Crippen LogP contribution in [-0.2, 0) is 32.6 Å². The summed E-state index contributed by atoms with van der Waals surface area (Å²) in [7, 11) is -4.18. The zero-order chi connectivity index (χ0) is 31.7. The molecule has 4 aromatic carbocycles. The second kappa shape index (κ2) is 15.4. The van der Waals surface area contributed by atoms with Crippen molar-refractivity contribution in [1.29, 1.82) is 0 Å². The SMILES string of the molecule is CCCNC(=O)C(Cc1ccccc1)N(Cc1cccc(Br)c1)C(=O)CN(c1ccc(Cl)cc1)S(=O)(=O)c1ccc(C)cc1. The molecule has 0 heterocycles. The van der Waals surface area contributed by atoms with Gasteiger partial charge in [0.25, 0.3) is 10.0 Å². The molecule has 7 nitrogen and oxygen atoms in total. The third kappa shape index (κ3) is 8.71. The number of amides is 2. The molecule has 0 aliphatic carbocycles. The molecule has 10 heteroatoms. The first kappa shape index (κ1) is 33.2. The molecule has 0 bridgehead atoms. The average Bonchev–Trinajstić information content (AvgIpc) is 3.01. The summed E-state index contributed by atoms with van der Waals surface area (Å²) in [5.74, 6) is -0.832. The summed E-state index contributed by atoms with van der Waals surface area (Å²) in [5, 5.41) is 3.38. The maximum atomic E-state index is 14.4. The smallest absolute Gasteiger partial charge is 0.264 e. The van der Waals surface area contributed by atoms with E-state index in [1.807, 2.05) is 68.4 Å². The molecule has 1 N–H and O–H groups in total. The van der Waals surface area contributed by atoms with Crippen molar-refractivity contribution in [2.24, 2.45) is 0 Å². The molecular weight excluding hydrogens is 662 g/mol. The van der Waals surface area contributed by atoms with E-state index in [-0.39, 0.29) is 29.5 Å². The molecule has 0 saturated heterocycles. The third-order valence-corrected chi connectivity index (χ3v) is 9.60. The van der Waals surface area contributed by atoms with Crippen molar-refractivity contribution < 1.29 is 18.0 Å². The lowest BCUT2D eigenvalue weighted by Crippen LogP contribution is -2.53. The molecule has 44 heavy (non-hydrogen) atoms. The second-order valence-electron chi connectivity index (χ2n) is 10.4. The molecule has 0 radical (unpaired) electrons. The molecular formula is C34H35BrClN3O4S. The van der Waals surface area contributed by atoms with Crippen LogP contribution in [0.1, 0.15) is 30.0 Å². The fraction of sp³-hybridized carbons (Fsp3) is 0.235. The number of benzene rings is 4. The fourth-order valence-corrected chi connectivity index (χ4v) is 6.71. The van der Waals surface area contributed by atoms with Crippen LogP contribution in [0, 0.1) is 6.92 Å². The minimum absolute atomic E-state index is 0.0471. The molecule has 0 saturated carbocycles. The highest BCUT2D eigenvalue weighted by atomic mass is 79.9. The molecule has 0 aromatic heterocycles. The molecule has 0 fully saturated rings. The first-order valence-electron chi connectivity index (χ1n) is 14.3. The summed E-state index contributed by atoms with van der Waals surface area (Å²) in [4.78, 5) is 29.6. The molecule has 0 aliphatic heterocycles. The van der Waals surface area contributed by atoms with Crippen molar-refractivity contribution in [2.75, 3.05) is 17.4 Å². The van der Waals surface area contributed by atoms with Crippen LogP contribution in [0.15, 0.2) is 112 Å². The monoisotopic (exact) mass is 695 g/mol. The van der Waals surface area contributed by atoms with Gasteiger partial charge in [0.1, 0.15) is 12.6 Å². The van der Waals surface area contributed by atoms with Gasteiger partial charge in [0.05, 0.1) is 10.6 Å². The van der Waals surface area contributed by atoms with E-state index >= 15 is 0 Å². The highest BCUT2D eigenvalue weighted by molar-refractivity contribution is 9.10. The predicted octanol–water partition coefficient (Wildman–Crippen LogP) is 6.77. The first-order chi connectivity index (χ1) is 21.1. The highest BCUT2D eigenvalue weighted by Gasteiger charge is 2.34. The van der Waals surface area contributed by atoms with Crippen molar-refractivity contribution in [3.05, 3.63) is 129 Å². The van der Waals surface area contributed by atoms with Gasteiger partial charge in [0.15, 0.2) is 0 Å². The van der Waals surface area contributed by atoms with E-state index in [1.165, 1.54) is 17.0 Å². The van der Waals surface area contributed by atoms with Crippen molar-refractivity contribution >= 4 is 55.1 Å². The van der Waals surface area contributed by atoms with Crippen LogP contribution in [0.5, 0.6) is 0 Å². The lowest BCUT2D eigenvalue weighted by atomic mass is 10.0. The second-order valence-corrected chi connectivity index (χ2v) is 13.7. The van der Waals surface area contributed by atoms with Crippen LogP contribution in [-0.4, -0.2) is 44.3 Å². The minimum Gasteiger partial charge on any atom is -0.354 e. The van der Waals surface area contributed by atoms with Gasteiger partial charge >= 0.3 is 0 Å². The zero-order valence-corrected chi connectivity index (χ0v) is 27.8. The molecule has 1 atom stereocenters. The Balaban J connectivity index is 1.79. The van der Waals surface area contributed by atoms with Crippen molar-refractivity contribution in [2.45, 2.75) is 44.2 Å². The number of hydrogen-bond acceptors (Lipinski definition) is 4. The number of halogens is 2.